The van der Waals surface area contributed by atoms with E-state index in [1.165, 1.54) is 37.3 Å². The second-order valence-corrected chi connectivity index (χ2v) is 8.27. The highest BCUT2D eigenvalue weighted by Gasteiger charge is 2.26. The van der Waals surface area contributed by atoms with Crippen LogP contribution in [0.1, 0.15) is 18.2 Å². The minimum absolute atomic E-state index is 0.0206. The van der Waals surface area contributed by atoms with Crippen LogP contribution in [0.25, 0.3) is 11.0 Å². The summed E-state index contributed by atoms with van der Waals surface area (Å²) in [7, 11) is -4.05. The Morgan fingerprint density at radius 3 is 2.41 bits per heavy atom. The molecule has 152 valence electrons. The van der Waals surface area contributed by atoms with Crippen LogP contribution in [0.4, 0.5) is 0 Å². The van der Waals surface area contributed by atoms with Gasteiger partial charge >= 0.3 is 5.97 Å². The van der Waals surface area contributed by atoms with Gasteiger partial charge in [0, 0.05) is 6.07 Å². The molecule has 3 rings (SSSR count). The summed E-state index contributed by atoms with van der Waals surface area (Å²) in [5.74, 6) is -0.252. The first-order valence-corrected chi connectivity index (χ1v) is 10.4. The van der Waals surface area contributed by atoms with E-state index in [0.29, 0.717) is 5.75 Å². The monoisotopic (exact) mass is 416 g/mol. The summed E-state index contributed by atoms with van der Waals surface area (Å²) in [6.45, 7) is 4.91. The van der Waals surface area contributed by atoms with Crippen molar-refractivity contribution in [1.82, 2.24) is 0 Å². The van der Waals surface area contributed by atoms with Crippen LogP contribution in [0.15, 0.2) is 61.5 Å². The molecule has 3 aromatic rings. The Bertz CT molecular complexity index is 1220. The molecule has 29 heavy (non-hydrogen) atoms. The molecule has 0 saturated carbocycles. The normalized spacial score (nSPS) is 11.4. The van der Waals surface area contributed by atoms with Gasteiger partial charge in [0.2, 0.25) is 15.3 Å². The SMILES string of the molecule is CCOC(=O)COc1ccc2c(=O)c(S(=O)(=O)c3ccc(C)cc3)c(C)oc2c1. The molecule has 0 bridgehead atoms. The van der Waals surface area contributed by atoms with E-state index >= 15 is 0 Å². The van der Waals surface area contributed by atoms with Gasteiger partial charge < -0.3 is 13.9 Å². The molecule has 0 saturated heterocycles. The summed E-state index contributed by atoms with van der Waals surface area (Å²) in [6.07, 6.45) is 0. The first-order chi connectivity index (χ1) is 13.7. The number of hydrogen-bond acceptors (Lipinski definition) is 7. The number of benzene rings is 2. The molecule has 2 aromatic carbocycles. The molecule has 0 aliphatic carbocycles. The zero-order valence-electron chi connectivity index (χ0n) is 16.2. The number of esters is 1. The standard InChI is InChI=1S/C21H20O7S/c1-4-26-19(22)12-27-15-7-10-17-18(11-15)28-14(3)21(20(17)23)29(24,25)16-8-5-13(2)6-9-16/h5-11H,4,12H2,1-3H3. The second-order valence-electron chi connectivity index (χ2n) is 6.38. The average molecular weight is 416 g/mol. The minimum Gasteiger partial charge on any atom is -0.482 e. The van der Waals surface area contributed by atoms with Gasteiger partial charge in [-0.25, -0.2) is 13.2 Å². The highest BCUT2D eigenvalue weighted by molar-refractivity contribution is 7.91. The number of aryl methyl sites for hydroxylation is 2. The summed E-state index contributed by atoms with van der Waals surface area (Å²) >= 11 is 0. The number of carbonyl (C=O) groups excluding carboxylic acids is 1. The van der Waals surface area contributed by atoms with Crippen LogP contribution in [0.5, 0.6) is 5.75 Å². The van der Waals surface area contributed by atoms with Gasteiger partial charge in [-0.1, -0.05) is 17.7 Å². The number of hydrogen-bond donors (Lipinski definition) is 0. The fourth-order valence-corrected chi connectivity index (χ4v) is 4.35. The van der Waals surface area contributed by atoms with E-state index in [1.54, 1.807) is 19.1 Å². The van der Waals surface area contributed by atoms with Crippen LogP contribution >= 0.6 is 0 Å². The molecular formula is C21H20O7S. The lowest BCUT2D eigenvalue weighted by atomic mass is 10.2. The molecule has 0 aliphatic heterocycles. The summed E-state index contributed by atoms with van der Waals surface area (Å²) in [5, 5.41) is 0.102. The Labute approximate surface area is 167 Å². The highest BCUT2D eigenvalue weighted by atomic mass is 32.2. The average Bonchev–Trinajstić information content (AvgIpc) is 2.66. The molecule has 0 spiro atoms. The van der Waals surface area contributed by atoms with Crippen LogP contribution in [-0.2, 0) is 19.4 Å². The Morgan fingerprint density at radius 2 is 1.76 bits per heavy atom. The molecule has 0 N–H and O–H groups in total. The van der Waals surface area contributed by atoms with Crippen molar-refractivity contribution in [2.75, 3.05) is 13.2 Å². The third-order valence-corrected chi connectivity index (χ3v) is 6.15. The number of carbonyl (C=O) groups is 1. The first-order valence-electron chi connectivity index (χ1n) is 8.91. The van der Waals surface area contributed by atoms with Gasteiger partial charge in [-0.3, -0.25) is 4.79 Å². The summed E-state index contributed by atoms with van der Waals surface area (Å²) in [5.41, 5.74) is 0.416. The molecule has 0 atom stereocenters. The molecule has 0 aliphatic rings. The molecule has 0 unspecified atom stereocenters. The van der Waals surface area contributed by atoms with E-state index in [2.05, 4.69) is 0 Å². The zero-order chi connectivity index (χ0) is 21.2. The van der Waals surface area contributed by atoms with Crippen molar-refractivity contribution < 1.29 is 27.1 Å². The largest absolute Gasteiger partial charge is 0.482 e. The van der Waals surface area contributed by atoms with E-state index < -0.39 is 26.1 Å². The van der Waals surface area contributed by atoms with Crippen molar-refractivity contribution in [1.29, 1.82) is 0 Å². The molecule has 0 amide bonds. The molecule has 1 heterocycles. The highest BCUT2D eigenvalue weighted by Crippen LogP contribution is 2.26. The molecule has 8 heteroatoms. The number of ether oxygens (including phenoxy) is 2. The zero-order valence-corrected chi connectivity index (χ0v) is 17.0. The van der Waals surface area contributed by atoms with Crippen molar-refractivity contribution in [3.8, 4) is 5.75 Å². The van der Waals surface area contributed by atoms with Gasteiger partial charge in [0.05, 0.1) is 16.9 Å². The molecule has 0 fully saturated rings. The molecule has 1 aromatic heterocycles. The predicted molar refractivity (Wildman–Crippen MR) is 106 cm³/mol. The Morgan fingerprint density at radius 1 is 1.07 bits per heavy atom. The first kappa shape index (κ1) is 20.6. The van der Waals surface area contributed by atoms with Crippen molar-refractivity contribution in [2.45, 2.75) is 30.6 Å². The van der Waals surface area contributed by atoms with E-state index in [-0.39, 0.29) is 34.8 Å². The van der Waals surface area contributed by atoms with Crippen molar-refractivity contribution in [3.63, 3.8) is 0 Å². The predicted octanol–water partition coefficient (Wildman–Crippen LogP) is 3.18. The minimum atomic E-state index is -4.05. The summed E-state index contributed by atoms with van der Waals surface area (Å²) < 4.78 is 41.7. The lowest BCUT2D eigenvalue weighted by Gasteiger charge is -2.10. The fourth-order valence-electron chi connectivity index (χ4n) is 2.85. The maximum absolute atomic E-state index is 13.0. The van der Waals surface area contributed by atoms with Crippen LogP contribution in [0.3, 0.4) is 0 Å². The maximum Gasteiger partial charge on any atom is 0.344 e. The number of sulfone groups is 1. The topological polar surface area (TPSA) is 99.9 Å². The van der Waals surface area contributed by atoms with Crippen LogP contribution in [-0.4, -0.2) is 27.6 Å². The van der Waals surface area contributed by atoms with Gasteiger partial charge in [-0.2, -0.15) is 0 Å². The second kappa shape index (κ2) is 8.08. The number of fused-ring (bicyclic) bond motifs is 1. The Hall–Kier alpha value is -3.13. The smallest absolute Gasteiger partial charge is 0.344 e. The molecule has 0 radical (unpaired) electrons. The lowest BCUT2D eigenvalue weighted by Crippen LogP contribution is -2.18. The quantitative estimate of drug-likeness (QED) is 0.569. The van der Waals surface area contributed by atoms with Crippen molar-refractivity contribution >= 4 is 26.8 Å². The Balaban J connectivity index is 2.03. The maximum atomic E-state index is 13.0. The van der Waals surface area contributed by atoms with Crippen LogP contribution in [0, 0.1) is 13.8 Å². The van der Waals surface area contributed by atoms with Gasteiger partial charge in [0.1, 0.15) is 17.1 Å². The van der Waals surface area contributed by atoms with Gasteiger partial charge in [-0.05, 0) is 45.0 Å². The van der Waals surface area contributed by atoms with Crippen molar-refractivity contribution in [3.05, 3.63) is 64.0 Å². The van der Waals surface area contributed by atoms with Crippen molar-refractivity contribution in [2.24, 2.45) is 0 Å². The van der Waals surface area contributed by atoms with E-state index in [9.17, 15) is 18.0 Å². The lowest BCUT2D eigenvalue weighted by molar-refractivity contribution is -0.145. The van der Waals surface area contributed by atoms with E-state index in [1.807, 2.05) is 6.92 Å². The Kier molecular flexibility index (Phi) is 5.74. The third kappa shape index (κ3) is 4.17. The van der Waals surface area contributed by atoms with E-state index in [0.717, 1.165) is 5.56 Å². The van der Waals surface area contributed by atoms with Gasteiger partial charge in [-0.15, -0.1) is 0 Å². The van der Waals surface area contributed by atoms with Gasteiger partial charge in [0.15, 0.2) is 11.5 Å². The summed E-state index contributed by atoms with van der Waals surface area (Å²) in [6, 6.07) is 10.6. The molecular weight excluding hydrogens is 396 g/mol. The van der Waals surface area contributed by atoms with Crippen LogP contribution < -0.4 is 10.2 Å². The summed E-state index contributed by atoms with van der Waals surface area (Å²) in [4.78, 5) is 24.0. The third-order valence-electron chi connectivity index (χ3n) is 4.25. The van der Waals surface area contributed by atoms with E-state index in [4.69, 9.17) is 13.9 Å². The number of rotatable bonds is 6. The van der Waals surface area contributed by atoms with Crippen LogP contribution in [0.2, 0.25) is 0 Å². The molecule has 7 nitrogen and oxygen atoms in total. The fraction of sp³-hybridized carbons (Fsp3) is 0.238. The van der Waals surface area contributed by atoms with Gasteiger partial charge in [0.25, 0.3) is 0 Å².